The number of aliphatic hydroxyl groups excluding tert-OH is 3. The van der Waals surface area contributed by atoms with E-state index in [2.05, 4.69) is 19.1 Å². The second kappa shape index (κ2) is 16.5. The third-order valence-corrected chi connectivity index (χ3v) is 5.25. The molecular formula is C22H42O5. The average Bonchev–Trinajstić information content (AvgIpc) is 2.68. The van der Waals surface area contributed by atoms with Crippen LogP contribution in [0.2, 0.25) is 0 Å². The highest BCUT2D eigenvalue weighted by Gasteiger charge is 2.38. The van der Waals surface area contributed by atoms with E-state index in [1.165, 1.54) is 51.4 Å². The van der Waals surface area contributed by atoms with Crippen molar-refractivity contribution in [1.29, 1.82) is 0 Å². The molecule has 1 aliphatic rings. The van der Waals surface area contributed by atoms with Crippen molar-refractivity contribution < 1.29 is 24.8 Å². The summed E-state index contributed by atoms with van der Waals surface area (Å²) >= 11 is 0. The molecule has 1 aliphatic heterocycles. The van der Waals surface area contributed by atoms with Gasteiger partial charge in [-0.25, -0.2) is 0 Å². The molecule has 0 aromatic heterocycles. The first-order chi connectivity index (χ1) is 13.2. The van der Waals surface area contributed by atoms with Crippen LogP contribution < -0.4 is 0 Å². The number of hydrogen-bond donors (Lipinski definition) is 3. The molecule has 0 bridgehead atoms. The van der Waals surface area contributed by atoms with Gasteiger partial charge in [-0.15, -0.1) is 0 Å². The van der Waals surface area contributed by atoms with E-state index < -0.39 is 24.4 Å². The first-order valence-corrected chi connectivity index (χ1v) is 11.1. The van der Waals surface area contributed by atoms with Crippen molar-refractivity contribution in [2.45, 2.75) is 108 Å². The molecule has 4 atom stereocenters. The van der Waals surface area contributed by atoms with Crippen molar-refractivity contribution in [3.63, 3.8) is 0 Å². The highest BCUT2D eigenvalue weighted by molar-refractivity contribution is 4.87. The number of ether oxygens (including phenoxy) is 2. The molecule has 0 saturated carbocycles. The Balaban J connectivity index is 1.89. The minimum absolute atomic E-state index is 0.213. The third-order valence-electron chi connectivity index (χ3n) is 5.25. The van der Waals surface area contributed by atoms with Crippen LogP contribution in [0.1, 0.15) is 84.0 Å². The fraction of sp³-hybridized carbons (Fsp3) is 0.909. The van der Waals surface area contributed by atoms with Gasteiger partial charge in [0.2, 0.25) is 0 Å². The molecule has 3 N–H and O–H groups in total. The zero-order valence-corrected chi connectivity index (χ0v) is 17.2. The van der Waals surface area contributed by atoms with Crippen molar-refractivity contribution in [3.8, 4) is 0 Å². The average molecular weight is 387 g/mol. The van der Waals surface area contributed by atoms with Gasteiger partial charge in [0.05, 0.1) is 13.2 Å². The SMILES string of the molecule is CCCCCCCCC/C=C/CCCCCO[C@H]1CO[C@H](CO)[C@@H](O)[C@@H]1O. The molecule has 5 heteroatoms. The Morgan fingerprint density at radius 3 is 2.07 bits per heavy atom. The standard InChI is InChI=1S/C22H42O5/c1-2-3-4-5-6-7-8-9-10-11-12-13-14-15-16-26-20-18-27-19(17-23)21(24)22(20)25/h10-11,19-25H,2-9,12-18H2,1H3/b11-10+/t19-,20+,21-,22-/m1/s1. The lowest BCUT2D eigenvalue weighted by Gasteiger charge is -2.36. The molecule has 1 rings (SSSR count). The van der Waals surface area contributed by atoms with Gasteiger partial charge in [-0.2, -0.15) is 0 Å². The zero-order chi connectivity index (χ0) is 19.7. The summed E-state index contributed by atoms with van der Waals surface area (Å²) in [6.45, 7) is 2.73. The van der Waals surface area contributed by atoms with Crippen LogP contribution >= 0.6 is 0 Å². The molecule has 1 fully saturated rings. The molecule has 0 spiro atoms. The number of allylic oxidation sites excluding steroid dienone is 2. The Morgan fingerprint density at radius 2 is 1.44 bits per heavy atom. The van der Waals surface area contributed by atoms with Gasteiger partial charge >= 0.3 is 0 Å². The summed E-state index contributed by atoms with van der Waals surface area (Å²) < 4.78 is 10.9. The Morgan fingerprint density at radius 1 is 0.852 bits per heavy atom. The molecular weight excluding hydrogens is 344 g/mol. The summed E-state index contributed by atoms with van der Waals surface area (Å²) in [7, 11) is 0. The van der Waals surface area contributed by atoms with Gasteiger partial charge in [0, 0.05) is 6.61 Å². The maximum Gasteiger partial charge on any atom is 0.111 e. The van der Waals surface area contributed by atoms with E-state index in [-0.39, 0.29) is 13.2 Å². The number of hydrogen-bond acceptors (Lipinski definition) is 5. The minimum atomic E-state index is -1.09. The molecule has 5 nitrogen and oxygen atoms in total. The van der Waals surface area contributed by atoms with Gasteiger partial charge in [0.1, 0.15) is 24.4 Å². The van der Waals surface area contributed by atoms with E-state index in [0.29, 0.717) is 6.61 Å². The summed E-state index contributed by atoms with van der Waals surface area (Å²) in [6, 6.07) is 0. The Bertz CT molecular complexity index is 361. The van der Waals surface area contributed by atoms with Gasteiger partial charge < -0.3 is 24.8 Å². The van der Waals surface area contributed by atoms with Gasteiger partial charge in [-0.05, 0) is 32.1 Å². The summed E-state index contributed by atoms with van der Waals surface area (Å²) in [6.07, 6.45) is 16.3. The summed E-state index contributed by atoms with van der Waals surface area (Å²) in [5.74, 6) is 0. The van der Waals surface area contributed by atoms with Gasteiger partial charge in [0.15, 0.2) is 0 Å². The number of rotatable bonds is 16. The lowest BCUT2D eigenvalue weighted by Crippen LogP contribution is -2.55. The third kappa shape index (κ3) is 11.2. The van der Waals surface area contributed by atoms with Gasteiger partial charge in [-0.1, -0.05) is 64.0 Å². The van der Waals surface area contributed by atoms with E-state index >= 15 is 0 Å². The molecule has 160 valence electrons. The molecule has 0 aromatic rings. The topological polar surface area (TPSA) is 79.2 Å². The largest absolute Gasteiger partial charge is 0.394 e. The maximum atomic E-state index is 9.98. The van der Waals surface area contributed by atoms with Crippen LogP contribution in [0.25, 0.3) is 0 Å². The fourth-order valence-corrected chi connectivity index (χ4v) is 3.39. The quantitative estimate of drug-likeness (QED) is 0.278. The van der Waals surface area contributed by atoms with Crippen LogP contribution in [-0.4, -0.2) is 59.6 Å². The highest BCUT2D eigenvalue weighted by Crippen LogP contribution is 2.18. The number of unbranched alkanes of at least 4 members (excludes halogenated alkanes) is 10. The second-order valence-electron chi connectivity index (χ2n) is 7.68. The van der Waals surface area contributed by atoms with Crippen molar-refractivity contribution >= 4 is 0 Å². The van der Waals surface area contributed by atoms with Crippen LogP contribution in [0.5, 0.6) is 0 Å². The monoisotopic (exact) mass is 386 g/mol. The normalized spacial score (nSPS) is 26.1. The first kappa shape index (κ1) is 24.6. The number of aliphatic hydroxyl groups is 3. The van der Waals surface area contributed by atoms with Crippen LogP contribution in [-0.2, 0) is 9.47 Å². The molecule has 0 aliphatic carbocycles. The molecule has 27 heavy (non-hydrogen) atoms. The van der Waals surface area contributed by atoms with Crippen LogP contribution in [0.4, 0.5) is 0 Å². The second-order valence-corrected chi connectivity index (χ2v) is 7.68. The smallest absolute Gasteiger partial charge is 0.111 e. The van der Waals surface area contributed by atoms with Crippen LogP contribution in [0, 0.1) is 0 Å². The Labute approximate surface area is 165 Å². The summed E-state index contributed by atoms with van der Waals surface area (Å²) in [4.78, 5) is 0. The molecule has 0 amide bonds. The van der Waals surface area contributed by atoms with E-state index in [4.69, 9.17) is 14.6 Å². The molecule has 1 heterocycles. The van der Waals surface area contributed by atoms with Crippen LogP contribution in [0.3, 0.4) is 0 Å². The predicted octanol–water partition coefficient (Wildman–Crippen LogP) is 3.74. The van der Waals surface area contributed by atoms with Crippen molar-refractivity contribution in [2.24, 2.45) is 0 Å². The molecule has 1 saturated heterocycles. The Hall–Kier alpha value is -0.460. The van der Waals surface area contributed by atoms with E-state index in [1.807, 2.05) is 0 Å². The minimum Gasteiger partial charge on any atom is -0.394 e. The fourth-order valence-electron chi connectivity index (χ4n) is 3.39. The van der Waals surface area contributed by atoms with Crippen molar-refractivity contribution in [3.05, 3.63) is 12.2 Å². The molecule has 0 radical (unpaired) electrons. The van der Waals surface area contributed by atoms with Crippen molar-refractivity contribution in [1.82, 2.24) is 0 Å². The van der Waals surface area contributed by atoms with Gasteiger partial charge in [0.25, 0.3) is 0 Å². The maximum absolute atomic E-state index is 9.98. The lowest BCUT2D eigenvalue weighted by atomic mass is 10.0. The Kier molecular flexibility index (Phi) is 15.0. The molecule has 0 aromatic carbocycles. The van der Waals surface area contributed by atoms with E-state index in [0.717, 1.165) is 25.7 Å². The van der Waals surface area contributed by atoms with Gasteiger partial charge in [-0.3, -0.25) is 0 Å². The first-order valence-electron chi connectivity index (χ1n) is 11.1. The highest BCUT2D eigenvalue weighted by atomic mass is 16.6. The predicted molar refractivity (Wildman–Crippen MR) is 109 cm³/mol. The van der Waals surface area contributed by atoms with E-state index in [9.17, 15) is 10.2 Å². The lowest BCUT2D eigenvalue weighted by molar-refractivity contribution is -0.208. The zero-order valence-electron chi connectivity index (χ0n) is 17.2. The molecule has 0 unspecified atom stereocenters. The van der Waals surface area contributed by atoms with E-state index in [1.54, 1.807) is 0 Å². The summed E-state index contributed by atoms with van der Waals surface area (Å²) in [5.41, 5.74) is 0. The van der Waals surface area contributed by atoms with Crippen molar-refractivity contribution in [2.75, 3.05) is 19.8 Å². The summed E-state index contributed by atoms with van der Waals surface area (Å²) in [5, 5.41) is 28.8. The van der Waals surface area contributed by atoms with Crippen LogP contribution in [0.15, 0.2) is 12.2 Å².